The molecule has 0 spiro atoms. The average Bonchev–Trinajstić information content (AvgIpc) is 2.90. The van der Waals surface area contributed by atoms with E-state index in [4.69, 9.17) is 0 Å². The molecule has 1 saturated carbocycles. The summed E-state index contributed by atoms with van der Waals surface area (Å²) >= 11 is 0. The fourth-order valence-corrected chi connectivity index (χ4v) is 2.98. The van der Waals surface area contributed by atoms with Gasteiger partial charge in [0.05, 0.1) is 18.9 Å². The van der Waals surface area contributed by atoms with E-state index >= 15 is 0 Å². The fourth-order valence-electron chi connectivity index (χ4n) is 2.98. The van der Waals surface area contributed by atoms with E-state index in [0.29, 0.717) is 31.7 Å². The molecule has 1 unspecified atom stereocenters. The minimum atomic E-state index is -0.882. The zero-order chi connectivity index (χ0) is 16.0. The molecule has 0 aromatic rings. The predicted octanol–water partition coefficient (Wildman–Crippen LogP) is 1.53. The van der Waals surface area contributed by atoms with E-state index in [-0.39, 0.29) is 18.3 Å². The minimum Gasteiger partial charge on any atom is -0.481 e. The van der Waals surface area contributed by atoms with Gasteiger partial charge in [0, 0.05) is 20.0 Å². The molecule has 0 aromatic heterocycles. The third-order valence-corrected chi connectivity index (χ3v) is 4.35. The van der Waals surface area contributed by atoms with Crippen LogP contribution in [0.2, 0.25) is 0 Å². The number of hydrogen-bond donors (Lipinski definition) is 1. The number of amides is 1. The van der Waals surface area contributed by atoms with Crippen LogP contribution in [0.25, 0.3) is 0 Å². The standard InChI is InChI=1S/C15H25NO5/c1-4-10-8-11(12(9-10)15(19)20)14(18)16(2)7-5-6-13(17)21-3/h10-12H,4-9H2,1-3H3,(H,19,20)/t10?,11-,12+/m0/s1. The monoisotopic (exact) mass is 299 g/mol. The molecular weight excluding hydrogens is 274 g/mol. The van der Waals surface area contributed by atoms with Crippen molar-refractivity contribution >= 4 is 17.8 Å². The van der Waals surface area contributed by atoms with Crippen LogP contribution in [0.15, 0.2) is 0 Å². The predicted molar refractivity (Wildman–Crippen MR) is 76.5 cm³/mol. The third-order valence-electron chi connectivity index (χ3n) is 4.35. The Morgan fingerprint density at radius 1 is 1.24 bits per heavy atom. The van der Waals surface area contributed by atoms with Gasteiger partial charge in [-0.1, -0.05) is 13.3 Å². The number of hydrogen-bond acceptors (Lipinski definition) is 4. The van der Waals surface area contributed by atoms with Gasteiger partial charge in [0.25, 0.3) is 0 Å². The molecule has 1 aliphatic carbocycles. The normalized spacial score (nSPS) is 24.6. The quantitative estimate of drug-likeness (QED) is 0.721. The number of methoxy groups -OCH3 is 1. The summed E-state index contributed by atoms with van der Waals surface area (Å²) in [6, 6.07) is 0. The van der Waals surface area contributed by atoms with E-state index < -0.39 is 17.8 Å². The second kappa shape index (κ2) is 8.00. The van der Waals surface area contributed by atoms with Crippen LogP contribution in [0.4, 0.5) is 0 Å². The lowest BCUT2D eigenvalue weighted by Gasteiger charge is -2.23. The number of rotatable bonds is 7. The van der Waals surface area contributed by atoms with Crippen molar-refractivity contribution in [1.82, 2.24) is 4.90 Å². The number of nitrogens with zero attached hydrogens (tertiary/aromatic N) is 1. The van der Waals surface area contributed by atoms with Crippen molar-refractivity contribution in [1.29, 1.82) is 0 Å². The number of carboxylic acid groups (broad SMARTS) is 1. The molecule has 6 nitrogen and oxygen atoms in total. The number of carbonyl (C=O) groups excluding carboxylic acids is 2. The molecule has 1 amide bonds. The Morgan fingerprint density at radius 2 is 1.86 bits per heavy atom. The van der Waals surface area contributed by atoms with Gasteiger partial charge in [0.15, 0.2) is 0 Å². The molecule has 0 aromatic carbocycles. The number of esters is 1. The fraction of sp³-hybridized carbons (Fsp3) is 0.800. The first-order valence-electron chi connectivity index (χ1n) is 7.45. The van der Waals surface area contributed by atoms with Crippen molar-refractivity contribution in [3.8, 4) is 0 Å². The lowest BCUT2D eigenvalue weighted by atomic mass is 9.95. The summed E-state index contributed by atoms with van der Waals surface area (Å²) in [6.45, 7) is 2.46. The summed E-state index contributed by atoms with van der Waals surface area (Å²) in [5, 5.41) is 9.28. The van der Waals surface area contributed by atoms with E-state index in [9.17, 15) is 19.5 Å². The van der Waals surface area contributed by atoms with Crippen LogP contribution in [-0.4, -0.2) is 48.6 Å². The van der Waals surface area contributed by atoms with Gasteiger partial charge < -0.3 is 14.7 Å². The van der Waals surface area contributed by atoms with E-state index in [1.54, 1.807) is 11.9 Å². The largest absolute Gasteiger partial charge is 0.481 e. The lowest BCUT2D eigenvalue weighted by Crippen LogP contribution is -2.37. The molecule has 120 valence electrons. The van der Waals surface area contributed by atoms with Crippen LogP contribution in [0.1, 0.15) is 39.0 Å². The zero-order valence-electron chi connectivity index (χ0n) is 13.0. The van der Waals surface area contributed by atoms with Crippen molar-refractivity contribution in [3.05, 3.63) is 0 Å². The van der Waals surface area contributed by atoms with Crippen LogP contribution in [0, 0.1) is 17.8 Å². The van der Waals surface area contributed by atoms with Gasteiger partial charge in [-0.3, -0.25) is 14.4 Å². The van der Waals surface area contributed by atoms with E-state index in [0.717, 1.165) is 6.42 Å². The summed E-state index contributed by atoms with van der Waals surface area (Å²) in [6.07, 6.45) is 2.92. The van der Waals surface area contributed by atoms with Gasteiger partial charge in [-0.25, -0.2) is 0 Å². The number of carboxylic acids is 1. The highest BCUT2D eigenvalue weighted by molar-refractivity contribution is 5.85. The maximum atomic E-state index is 12.4. The van der Waals surface area contributed by atoms with Crippen LogP contribution < -0.4 is 0 Å². The Hall–Kier alpha value is -1.59. The van der Waals surface area contributed by atoms with Gasteiger partial charge in [-0.05, 0) is 25.2 Å². The molecule has 0 radical (unpaired) electrons. The molecule has 1 aliphatic rings. The smallest absolute Gasteiger partial charge is 0.307 e. The van der Waals surface area contributed by atoms with Crippen LogP contribution in [0.5, 0.6) is 0 Å². The molecule has 1 rings (SSSR count). The zero-order valence-corrected chi connectivity index (χ0v) is 13.0. The Morgan fingerprint density at radius 3 is 2.38 bits per heavy atom. The number of ether oxygens (including phenoxy) is 1. The van der Waals surface area contributed by atoms with Gasteiger partial charge in [-0.15, -0.1) is 0 Å². The summed E-state index contributed by atoms with van der Waals surface area (Å²) in [7, 11) is 3.00. The van der Waals surface area contributed by atoms with Gasteiger partial charge >= 0.3 is 11.9 Å². The first-order valence-corrected chi connectivity index (χ1v) is 7.45. The van der Waals surface area contributed by atoms with E-state index in [2.05, 4.69) is 4.74 Å². The van der Waals surface area contributed by atoms with E-state index in [1.165, 1.54) is 7.11 Å². The maximum absolute atomic E-state index is 12.4. The lowest BCUT2D eigenvalue weighted by molar-refractivity contribution is -0.148. The summed E-state index contributed by atoms with van der Waals surface area (Å²) in [4.78, 5) is 36.3. The minimum absolute atomic E-state index is 0.122. The van der Waals surface area contributed by atoms with Crippen LogP contribution >= 0.6 is 0 Å². The highest BCUT2D eigenvalue weighted by Gasteiger charge is 2.42. The molecule has 0 saturated heterocycles. The molecule has 21 heavy (non-hydrogen) atoms. The highest BCUT2D eigenvalue weighted by Crippen LogP contribution is 2.39. The Bertz CT molecular complexity index is 396. The van der Waals surface area contributed by atoms with Gasteiger partial charge in [0.1, 0.15) is 0 Å². The van der Waals surface area contributed by atoms with Crippen molar-refractivity contribution < 1.29 is 24.2 Å². The molecule has 1 fully saturated rings. The number of aliphatic carboxylic acids is 1. The van der Waals surface area contributed by atoms with Crippen LogP contribution in [-0.2, 0) is 19.1 Å². The Balaban J connectivity index is 2.55. The molecule has 0 bridgehead atoms. The topological polar surface area (TPSA) is 83.9 Å². The van der Waals surface area contributed by atoms with Crippen molar-refractivity contribution in [2.75, 3.05) is 20.7 Å². The molecule has 6 heteroatoms. The van der Waals surface area contributed by atoms with Crippen LogP contribution in [0.3, 0.4) is 0 Å². The number of carbonyl (C=O) groups is 3. The van der Waals surface area contributed by atoms with Crippen molar-refractivity contribution in [3.63, 3.8) is 0 Å². The first kappa shape index (κ1) is 17.5. The third kappa shape index (κ3) is 4.72. The Labute approximate surface area is 125 Å². The second-order valence-electron chi connectivity index (χ2n) is 5.74. The van der Waals surface area contributed by atoms with Crippen molar-refractivity contribution in [2.45, 2.75) is 39.0 Å². The highest BCUT2D eigenvalue weighted by atomic mass is 16.5. The summed E-state index contributed by atoms with van der Waals surface area (Å²) in [5.41, 5.74) is 0. The molecule has 0 aliphatic heterocycles. The van der Waals surface area contributed by atoms with Gasteiger partial charge in [-0.2, -0.15) is 0 Å². The molecule has 3 atom stereocenters. The van der Waals surface area contributed by atoms with Gasteiger partial charge in [0.2, 0.25) is 5.91 Å². The Kier molecular flexibility index (Phi) is 6.65. The molecule has 0 heterocycles. The summed E-state index contributed by atoms with van der Waals surface area (Å²) < 4.78 is 4.55. The maximum Gasteiger partial charge on any atom is 0.307 e. The molecule has 1 N–H and O–H groups in total. The van der Waals surface area contributed by atoms with E-state index in [1.807, 2.05) is 6.92 Å². The average molecular weight is 299 g/mol. The first-order chi connectivity index (χ1) is 9.90. The molecular formula is C15H25NO5. The SMILES string of the molecule is CCC1C[C@H](C(=O)N(C)CCCC(=O)OC)[C@H](C(=O)O)C1. The second-order valence-corrected chi connectivity index (χ2v) is 5.74. The van der Waals surface area contributed by atoms with Crippen molar-refractivity contribution in [2.24, 2.45) is 17.8 Å². The summed E-state index contributed by atoms with van der Waals surface area (Å²) in [5.74, 6) is -2.01.